The van der Waals surface area contributed by atoms with E-state index in [1.54, 1.807) is 31.5 Å². The van der Waals surface area contributed by atoms with E-state index in [-0.39, 0.29) is 17.9 Å². The molecule has 0 fully saturated rings. The largest absolute Gasteiger partial charge is 0.345 e. The molecule has 0 bridgehead atoms. The molecule has 2 aromatic rings. The molecule has 1 aliphatic rings. The number of halogens is 1. The molecule has 1 aliphatic heterocycles. The van der Waals surface area contributed by atoms with Gasteiger partial charge in [0.1, 0.15) is 17.5 Å². The molecule has 1 aromatic carbocycles. The fourth-order valence-corrected chi connectivity index (χ4v) is 3.48. The molecule has 1 aromatic heterocycles. The molecule has 26 heavy (non-hydrogen) atoms. The first-order chi connectivity index (χ1) is 12.6. The first-order valence-electron chi connectivity index (χ1n) is 8.77. The van der Waals surface area contributed by atoms with Crippen LogP contribution in [-0.2, 0) is 6.54 Å². The van der Waals surface area contributed by atoms with Crippen LogP contribution < -0.4 is 5.32 Å². The summed E-state index contributed by atoms with van der Waals surface area (Å²) in [4.78, 5) is 15.1. The number of aliphatic imine (C=N–C) groups is 1. The van der Waals surface area contributed by atoms with Crippen LogP contribution in [0.1, 0.15) is 47.9 Å². The van der Waals surface area contributed by atoms with Gasteiger partial charge in [0.15, 0.2) is 0 Å². The maximum atomic E-state index is 14.0. The maximum absolute atomic E-state index is 14.0. The van der Waals surface area contributed by atoms with Crippen molar-refractivity contribution in [2.24, 2.45) is 4.99 Å². The lowest BCUT2D eigenvalue weighted by Gasteiger charge is -2.27. The maximum Gasteiger partial charge on any atom is 0.149 e. The lowest BCUT2D eigenvalue weighted by atomic mass is 10.00. The molecule has 2 unspecified atom stereocenters. The summed E-state index contributed by atoms with van der Waals surface area (Å²) in [6.45, 7) is 8.29. The second kappa shape index (κ2) is 7.74. The van der Waals surface area contributed by atoms with Gasteiger partial charge in [-0.05, 0) is 62.0 Å². The number of rotatable bonds is 6. The van der Waals surface area contributed by atoms with Crippen molar-refractivity contribution in [1.82, 2.24) is 20.2 Å². The first kappa shape index (κ1) is 18.2. The van der Waals surface area contributed by atoms with E-state index in [0.717, 1.165) is 23.4 Å². The number of aromatic nitrogens is 2. The Hall–Kier alpha value is -2.60. The molecule has 0 saturated heterocycles. The number of nitrogens with one attached hydrogen (secondary N) is 1. The Balaban J connectivity index is 1.96. The summed E-state index contributed by atoms with van der Waals surface area (Å²) in [6.07, 6.45) is 6.30. The lowest BCUT2D eigenvalue weighted by Crippen LogP contribution is -2.23. The van der Waals surface area contributed by atoms with Crippen LogP contribution in [0.3, 0.4) is 0 Å². The van der Waals surface area contributed by atoms with Crippen LogP contribution in [0.15, 0.2) is 47.5 Å². The molecule has 1 N–H and O–H groups in total. The van der Waals surface area contributed by atoms with Crippen molar-refractivity contribution in [2.75, 3.05) is 7.05 Å². The van der Waals surface area contributed by atoms with Crippen molar-refractivity contribution in [3.05, 3.63) is 70.8 Å². The van der Waals surface area contributed by atoms with Gasteiger partial charge in [-0.25, -0.2) is 19.4 Å². The van der Waals surface area contributed by atoms with E-state index in [2.05, 4.69) is 38.8 Å². The number of likely N-dealkylation sites (N-methyl/N-ethyl adjacent to an activating group) is 1. The zero-order valence-corrected chi connectivity index (χ0v) is 15.4. The van der Waals surface area contributed by atoms with Crippen molar-refractivity contribution >= 4 is 6.72 Å². The molecular weight excluding hydrogens is 329 g/mol. The average Bonchev–Trinajstić information content (AvgIpc) is 3.01. The van der Waals surface area contributed by atoms with E-state index in [0.29, 0.717) is 17.9 Å². The molecule has 2 atom stereocenters. The Bertz CT molecular complexity index is 818. The summed E-state index contributed by atoms with van der Waals surface area (Å²) >= 11 is 0. The molecule has 3 rings (SSSR count). The summed E-state index contributed by atoms with van der Waals surface area (Å²) in [5, 5.41) is 3.20. The van der Waals surface area contributed by atoms with Crippen molar-refractivity contribution in [1.29, 1.82) is 0 Å². The third-order valence-corrected chi connectivity index (χ3v) is 4.83. The van der Waals surface area contributed by atoms with Crippen molar-refractivity contribution in [3.63, 3.8) is 0 Å². The monoisotopic (exact) mass is 353 g/mol. The summed E-state index contributed by atoms with van der Waals surface area (Å²) in [7, 11) is 1.85. The van der Waals surface area contributed by atoms with Gasteiger partial charge < -0.3 is 10.2 Å². The van der Waals surface area contributed by atoms with Gasteiger partial charge in [0.2, 0.25) is 0 Å². The van der Waals surface area contributed by atoms with Gasteiger partial charge >= 0.3 is 0 Å². The van der Waals surface area contributed by atoms with Gasteiger partial charge in [-0.2, -0.15) is 0 Å². The average molecular weight is 353 g/mol. The highest BCUT2D eigenvalue weighted by Gasteiger charge is 2.31. The topological polar surface area (TPSA) is 53.4 Å². The van der Waals surface area contributed by atoms with Gasteiger partial charge in [-0.15, -0.1) is 0 Å². The van der Waals surface area contributed by atoms with Gasteiger partial charge in [0, 0.05) is 18.9 Å². The molecular formula is C20H24FN5. The van der Waals surface area contributed by atoms with Crippen LogP contribution in [0, 0.1) is 12.7 Å². The highest BCUT2D eigenvalue weighted by atomic mass is 19.1. The van der Waals surface area contributed by atoms with Crippen molar-refractivity contribution in [3.8, 4) is 0 Å². The Morgan fingerprint density at radius 3 is 2.81 bits per heavy atom. The summed E-state index contributed by atoms with van der Waals surface area (Å²) in [5.41, 5.74) is 2.84. The van der Waals surface area contributed by atoms with Crippen LogP contribution in [0.4, 0.5) is 4.39 Å². The lowest BCUT2D eigenvalue weighted by molar-refractivity contribution is 0.267. The third-order valence-electron chi connectivity index (χ3n) is 4.83. The minimum Gasteiger partial charge on any atom is -0.345 e. The summed E-state index contributed by atoms with van der Waals surface area (Å²) in [6, 6.07) is 5.35. The SMILES string of the molecule is C=N/C(=C\C(NC)c1ncccn1)N1Cc2cc(F)c(C)cc2C1CC. The highest BCUT2D eigenvalue weighted by molar-refractivity contribution is 5.40. The van der Waals surface area contributed by atoms with E-state index in [4.69, 9.17) is 0 Å². The molecule has 0 amide bonds. The Morgan fingerprint density at radius 1 is 1.46 bits per heavy atom. The number of aryl methyl sites for hydroxylation is 1. The molecule has 0 radical (unpaired) electrons. The Labute approximate surface area is 153 Å². The van der Waals surface area contributed by atoms with Crippen LogP contribution in [0.2, 0.25) is 0 Å². The van der Waals surface area contributed by atoms with Gasteiger partial charge in [0.05, 0.1) is 12.1 Å². The van der Waals surface area contributed by atoms with Crippen molar-refractivity contribution < 1.29 is 4.39 Å². The normalized spacial score (nSPS) is 17.9. The number of hydrogen-bond donors (Lipinski definition) is 1. The smallest absolute Gasteiger partial charge is 0.149 e. The van der Waals surface area contributed by atoms with Gasteiger partial charge in [-0.3, -0.25) is 0 Å². The second-order valence-electron chi connectivity index (χ2n) is 6.41. The third kappa shape index (κ3) is 3.37. The van der Waals surface area contributed by atoms with Crippen LogP contribution in [-0.4, -0.2) is 28.6 Å². The molecule has 5 nitrogen and oxygen atoms in total. The zero-order valence-electron chi connectivity index (χ0n) is 15.4. The number of nitrogens with zero attached hydrogens (tertiary/aromatic N) is 4. The summed E-state index contributed by atoms with van der Waals surface area (Å²) < 4.78 is 14.0. The molecule has 6 heteroatoms. The van der Waals surface area contributed by atoms with Crippen LogP contribution in [0.5, 0.6) is 0 Å². The summed E-state index contributed by atoms with van der Waals surface area (Å²) in [5.74, 6) is 1.25. The molecule has 2 heterocycles. The first-order valence-corrected chi connectivity index (χ1v) is 8.77. The molecule has 0 spiro atoms. The fourth-order valence-electron chi connectivity index (χ4n) is 3.48. The highest BCUT2D eigenvalue weighted by Crippen LogP contribution is 2.40. The quantitative estimate of drug-likeness (QED) is 0.805. The standard InChI is InChI=1S/C20H24FN5/c1-5-18-15-9-13(2)16(21)10-14(15)12-26(18)19(23-4)11-17(22-3)20-24-7-6-8-25-20/h6-11,17-18,22H,4-5,12H2,1-3H3/b19-11+. The number of hydrogen-bond acceptors (Lipinski definition) is 5. The van der Waals surface area contributed by atoms with E-state index < -0.39 is 0 Å². The van der Waals surface area contributed by atoms with E-state index in [9.17, 15) is 4.39 Å². The zero-order chi connectivity index (χ0) is 18.7. The van der Waals surface area contributed by atoms with E-state index in [1.165, 1.54) is 0 Å². The van der Waals surface area contributed by atoms with Crippen molar-refractivity contribution in [2.45, 2.75) is 38.9 Å². The Morgan fingerprint density at radius 2 is 2.19 bits per heavy atom. The predicted octanol–water partition coefficient (Wildman–Crippen LogP) is 3.69. The molecule has 0 aliphatic carbocycles. The minimum atomic E-state index is -0.184. The predicted molar refractivity (Wildman–Crippen MR) is 101 cm³/mol. The van der Waals surface area contributed by atoms with E-state index >= 15 is 0 Å². The fraction of sp³-hybridized carbons (Fsp3) is 0.350. The van der Waals surface area contributed by atoms with E-state index in [1.807, 2.05) is 19.2 Å². The van der Waals surface area contributed by atoms with Crippen LogP contribution in [0.25, 0.3) is 0 Å². The number of benzene rings is 1. The van der Waals surface area contributed by atoms with Crippen LogP contribution >= 0.6 is 0 Å². The molecule has 136 valence electrons. The van der Waals surface area contributed by atoms with Gasteiger partial charge in [-0.1, -0.05) is 13.0 Å². The second-order valence-corrected chi connectivity index (χ2v) is 6.41. The number of fused-ring (bicyclic) bond motifs is 1. The Kier molecular flexibility index (Phi) is 5.42. The minimum absolute atomic E-state index is 0.148. The van der Waals surface area contributed by atoms with Gasteiger partial charge in [0.25, 0.3) is 0 Å². The molecule has 0 saturated carbocycles.